The molecule has 3 aromatic rings. The van der Waals surface area contributed by atoms with E-state index in [1.54, 1.807) is 17.0 Å². The first-order valence-corrected chi connectivity index (χ1v) is 11.7. The van der Waals surface area contributed by atoms with Gasteiger partial charge in [-0.3, -0.25) is 9.59 Å². The summed E-state index contributed by atoms with van der Waals surface area (Å²) in [5.74, 6) is 0.177. The second kappa shape index (κ2) is 9.48. The summed E-state index contributed by atoms with van der Waals surface area (Å²) in [5, 5.41) is 13.0. The molecule has 4 N–H and O–H groups in total. The molecular weight excluding hydrogens is 431 g/mol. The van der Waals surface area contributed by atoms with Crippen molar-refractivity contribution in [1.29, 1.82) is 0 Å². The standard InChI is InChI=1S/C23H27FN4O3S/c24-16-6-4-15(5-7-16)17-14-32-21-20(17)26-18(27-22(21)30)13-23(31)8-11-28(12-9-23)19(29)3-1-2-10-25/h4-7,14,31H,1-3,8-13,25H2,(H,26,27,30). The summed E-state index contributed by atoms with van der Waals surface area (Å²) >= 11 is 1.29. The van der Waals surface area contributed by atoms with E-state index in [0.717, 1.165) is 24.0 Å². The molecule has 0 radical (unpaired) electrons. The molecule has 0 bridgehead atoms. The molecule has 0 aliphatic carbocycles. The molecule has 0 atom stereocenters. The monoisotopic (exact) mass is 458 g/mol. The van der Waals surface area contributed by atoms with Gasteiger partial charge in [-0.15, -0.1) is 11.3 Å². The maximum absolute atomic E-state index is 13.3. The molecule has 1 aliphatic rings. The van der Waals surface area contributed by atoms with E-state index < -0.39 is 5.60 Å². The number of halogens is 1. The third-order valence-electron chi connectivity index (χ3n) is 6.02. The Labute approximate surface area is 189 Å². The molecule has 2 aromatic heterocycles. The number of hydrogen-bond donors (Lipinski definition) is 3. The summed E-state index contributed by atoms with van der Waals surface area (Å²) in [4.78, 5) is 34.2. The van der Waals surface area contributed by atoms with Crippen LogP contribution < -0.4 is 11.3 Å². The van der Waals surface area contributed by atoms with Gasteiger partial charge in [-0.05, 0) is 49.9 Å². The lowest BCUT2D eigenvalue weighted by molar-refractivity contribution is -0.135. The highest BCUT2D eigenvalue weighted by Crippen LogP contribution is 2.32. The molecule has 4 rings (SSSR count). The number of fused-ring (bicyclic) bond motifs is 1. The van der Waals surface area contributed by atoms with Crippen LogP contribution in [0, 0.1) is 5.82 Å². The number of amides is 1. The maximum atomic E-state index is 13.3. The number of aromatic amines is 1. The molecule has 1 saturated heterocycles. The minimum atomic E-state index is -1.04. The van der Waals surface area contributed by atoms with Crippen LogP contribution >= 0.6 is 11.3 Å². The van der Waals surface area contributed by atoms with Crippen molar-refractivity contribution in [3.05, 3.63) is 51.6 Å². The molecule has 1 fully saturated rings. The molecule has 0 saturated carbocycles. The molecule has 1 aliphatic heterocycles. The predicted octanol–water partition coefficient (Wildman–Crippen LogP) is 2.82. The second-order valence-electron chi connectivity index (χ2n) is 8.37. The quantitative estimate of drug-likeness (QED) is 0.472. The summed E-state index contributed by atoms with van der Waals surface area (Å²) in [6.45, 7) is 1.53. The van der Waals surface area contributed by atoms with Crippen LogP contribution in [0.2, 0.25) is 0 Å². The number of thiophene rings is 1. The average molecular weight is 459 g/mol. The third-order valence-corrected chi connectivity index (χ3v) is 6.99. The molecule has 1 amide bonds. The molecule has 32 heavy (non-hydrogen) atoms. The van der Waals surface area contributed by atoms with Gasteiger partial charge < -0.3 is 20.7 Å². The number of nitrogens with zero attached hydrogens (tertiary/aromatic N) is 2. The van der Waals surface area contributed by atoms with Gasteiger partial charge in [0.15, 0.2) is 0 Å². The zero-order chi connectivity index (χ0) is 22.7. The minimum Gasteiger partial charge on any atom is -0.389 e. The van der Waals surface area contributed by atoms with Gasteiger partial charge in [0.25, 0.3) is 5.56 Å². The lowest BCUT2D eigenvalue weighted by atomic mass is 9.87. The largest absolute Gasteiger partial charge is 0.389 e. The van der Waals surface area contributed by atoms with Gasteiger partial charge in [0.05, 0.1) is 11.1 Å². The van der Waals surface area contributed by atoms with Crippen molar-refractivity contribution in [2.45, 2.75) is 44.1 Å². The summed E-state index contributed by atoms with van der Waals surface area (Å²) in [6, 6.07) is 6.07. The number of hydrogen-bond acceptors (Lipinski definition) is 6. The molecule has 170 valence electrons. The summed E-state index contributed by atoms with van der Waals surface area (Å²) in [6.07, 6.45) is 3.13. The van der Waals surface area contributed by atoms with Crippen molar-refractivity contribution in [3.63, 3.8) is 0 Å². The van der Waals surface area contributed by atoms with Crippen molar-refractivity contribution < 1.29 is 14.3 Å². The van der Waals surface area contributed by atoms with Crippen LogP contribution in [0.25, 0.3) is 21.3 Å². The minimum absolute atomic E-state index is 0.0932. The summed E-state index contributed by atoms with van der Waals surface area (Å²) < 4.78 is 13.8. The lowest BCUT2D eigenvalue weighted by Crippen LogP contribution is -2.48. The van der Waals surface area contributed by atoms with Crippen molar-refractivity contribution in [1.82, 2.24) is 14.9 Å². The molecule has 9 heteroatoms. The van der Waals surface area contributed by atoms with Crippen LogP contribution in [0.15, 0.2) is 34.4 Å². The molecule has 0 spiro atoms. The van der Waals surface area contributed by atoms with Crippen LogP contribution in [0.3, 0.4) is 0 Å². The van der Waals surface area contributed by atoms with Gasteiger partial charge in [0, 0.05) is 36.9 Å². The van der Waals surface area contributed by atoms with E-state index in [1.807, 2.05) is 5.38 Å². The van der Waals surface area contributed by atoms with Crippen LogP contribution in [0.1, 0.15) is 37.9 Å². The number of likely N-dealkylation sites (tertiary alicyclic amines) is 1. The van der Waals surface area contributed by atoms with E-state index in [9.17, 15) is 19.1 Å². The van der Waals surface area contributed by atoms with E-state index in [0.29, 0.717) is 54.9 Å². The normalized spacial score (nSPS) is 15.9. The summed E-state index contributed by atoms with van der Waals surface area (Å²) in [7, 11) is 0. The highest BCUT2D eigenvalue weighted by atomic mass is 32.1. The smallest absolute Gasteiger partial charge is 0.268 e. The lowest BCUT2D eigenvalue weighted by Gasteiger charge is -2.38. The van der Waals surface area contributed by atoms with Crippen LogP contribution in [-0.2, 0) is 11.2 Å². The Bertz CT molecular complexity index is 1150. The van der Waals surface area contributed by atoms with E-state index in [2.05, 4.69) is 9.97 Å². The van der Waals surface area contributed by atoms with Gasteiger partial charge >= 0.3 is 0 Å². The molecular formula is C23H27FN4O3S. The second-order valence-corrected chi connectivity index (χ2v) is 9.25. The fraction of sp³-hybridized carbons (Fsp3) is 0.435. The van der Waals surface area contributed by atoms with E-state index in [1.165, 1.54) is 23.5 Å². The Hall–Kier alpha value is -2.62. The molecule has 1 aromatic carbocycles. The van der Waals surface area contributed by atoms with Crippen molar-refractivity contribution in [2.75, 3.05) is 19.6 Å². The Morgan fingerprint density at radius 3 is 2.66 bits per heavy atom. The number of carbonyl (C=O) groups is 1. The predicted molar refractivity (Wildman–Crippen MR) is 123 cm³/mol. The SMILES string of the molecule is NCCCCC(=O)N1CCC(O)(Cc2nc3c(-c4ccc(F)cc4)csc3c(=O)[nH]2)CC1. The van der Waals surface area contributed by atoms with E-state index in [-0.39, 0.29) is 23.7 Å². The first-order chi connectivity index (χ1) is 15.4. The van der Waals surface area contributed by atoms with Gasteiger partial charge in [-0.2, -0.15) is 0 Å². The number of piperidine rings is 1. The Balaban J connectivity index is 1.50. The molecule has 3 heterocycles. The van der Waals surface area contributed by atoms with Crippen molar-refractivity contribution in [3.8, 4) is 11.1 Å². The zero-order valence-corrected chi connectivity index (χ0v) is 18.6. The number of carbonyl (C=O) groups excluding carboxylic acids is 1. The van der Waals surface area contributed by atoms with Crippen molar-refractivity contribution in [2.24, 2.45) is 5.73 Å². The third kappa shape index (κ3) is 4.90. The molecule has 7 nitrogen and oxygen atoms in total. The molecule has 0 unspecified atom stereocenters. The number of rotatable bonds is 7. The van der Waals surface area contributed by atoms with E-state index in [4.69, 9.17) is 5.73 Å². The Morgan fingerprint density at radius 2 is 1.97 bits per heavy atom. The number of unbranched alkanes of at least 4 members (excludes halogenated alkanes) is 1. The first kappa shape index (κ1) is 22.6. The first-order valence-electron chi connectivity index (χ1n) is 10.8. The maximum Gasteiger partial charge on any atom is 0.268 e. The van der Waals surface area contributed by atoms with Crippen LogP contribution in [0.5, 0.6) is 0 Å². The van der Waals surface area contributed by atoms with Crippen LogP contribution in [-0.4, -0.2) is 51.1 Å². The fourth-order valence-corrected chi connectivity index (χ4v) is 5.04. The van der Waals surface area contributed by atoms with E-state index >= 15 is 0 Å². The van der Waals surface area contributed by atoms with Gasteiger partial charge in [-0.25, -0.2) is 9.37 Å². The number of H-pyrrole nitrogens is 1. The van der Waals surface area contributed by atoms with Crippen LogP contribution in [0.4, 0.5) is 4.39 Å². The number of nitrogens with one attached hydrogen (secondary N) is 1. The number of aromatic nitrogens is 2. The topological polar surface area (TPSA) is 112 Å². The number of nitrogens with two attached hydrogens (primary N) is 1. The van der Waals surface area contributed by atoms with Crippen molar-refractivity contribution >= 4 is 27.5 Å². The highest BCUT2D eigenvalue weighted by Gasteiger charge is 2.34. The average Bonchev–Trinajstić information content (AvgIpc) is 3.19. The van der Waals surface area contributed by atoms with Gasteiger partial charge in [0.1, 0.15) is 16.3 Å². The Morgan fingerprint density at radius 1 is 1.25 bits per heavy atom. The summed E-state index contributed by atoms with van der Waals surface area (Å²) in [5.41, 5.74) is 6.29. The van der Waals surface area contributed by atoms with Gasteiger partial charge in [0.2, 0.25) is 5.91 Å². The van der Waals surface area contributed by atoms with Gasteiger partial charge in [-0.1, -0.05) is 12.1 Å². The zero-order valence-electron chi connectivity index (χ0n) is 17.8. The fourth-order valence-electron chi connectivity index (χ4n) is 4.13. The number of aliphatic hydroxyl groups is 1. The number of benzene rings is 1. The highest BCUT2D eigenvalue weighted by molar-refractivity contribution is 7.17. The Kier molecular flexibility index (Phi) is 6.68.